The van der Waals surface area contributed by atoms with E-state index in [1.54, 1.807) is 18.2 Å². The summed E-state index contributed by atoms with van der Waals surface area (Å²) < 4.78 is 39.6. The zero-order chi connectivity index (χ0) is 22.4. The minimum atomic E-state index is -4.46. The van der Waals surface area contributed by atoms with E-state index in [4.69, 9.17) is 4.84 Å². The summed E-state index contributed by atoms with van der Waals surface area (Å²) in [6.07, 6.45) is -2.99. The Morgan fingerprint density at radius 1 is 1.22 bits per heavy atom. The van der Waals surface area contributed by atoms with Gasteiger partial charge in [0, 0.05) is 24.2 Å². The molecule has 1 unspecified atom stereocenters. The number of aryl methyl sites for hydroxylation is 1. The molecule has 2 aromatic rings. The molecule has 0 radical (unpaired) electrons. The van der Waals surface area contributed by atoms with Crippen LogP contribution in [0.1, 0.15) is 35.1 Å². The first kappa shape index (κ1) is 25.7. The Balaban J connectivity index is 0.00000363. The van der Waals surface area contributed by atoms with E-state index in [1.807, 2.05) is 24.0 Å². The van der Waals surface area contributed by atoms with Crippen molar-refractivity contribution in [2.75, 3.05) is 26.2 Å². The molecule has 32 heavy (non-hydrogen) atoms. The Morgan fingerprint density at radius 2 is 1.97 bits per heavy atom. The SMILES string of the molecule is Cc1ccccc1C(=NOCCN1CCCC(C(=O)O)C1)c1cccc(C(F)(F)F)c1.Cl. The van der Waals surface area contributed by atoms with Crippen LogP contribution in [0.15, 0.2) is 53.7 Å². The summed E-state index contributed by atoms with van der Waals surface area (Å²) in [6.45, 7) is 3.81. The second-order valence-corrected chi connectivity index (χ2v) is 7.64. The number of benzene rings is 2. The quantitative estimate of drug-likeness (QED) is 0.351. The third-order valence-corrected chi connectivity index (χ3v) is 5.37. The number of carboxylic acid groups (broad SMARTS) is 1. The van der Waals surface area contributed by atoms with Crippen LogP contribution in [0, 0.1) is 12.8 Å². The molecule has 1 aliphatic rings. The highest BCUT2D eigenvalue weighted by Gasteiger charge is 2.31. The molecule has 9 heteroatoms. The summed E-state index contributed by atoms with van der Waals surface area (Å²) in [4.78, 5) is 18.7. The number of aliphatic carboxylic acids is 1. The fraction of sp³-hybridized carbons (Fsp3) is 0.391. The highest BCUT2D eigenvalue weighted by atomic mass is 35.5. The molecule has 1 atom stereocenters. The van der Waals surface area contributed by atoms with Crippen molar-refractivity contribution in [1.82, 2.24) is 4.90 Å². The number of hydrogen-bond acceptors (Lipinski definition) is 4. The predicted molar refractivity (Wildman–Crippen MR) is 118 cm³/mol. The van der Waals surface area contributed by atoms with Crippen molar-refractivity contribution in [3.8, 4) is 0 Å². The molecular formula is C23H26ClF3N2O3. The lowest BCUT2D eigenvalue weighted by molar-refractivity contribution is -0.143. The largest absolute Gasteiger partial charge is 0.481 e. The molecule has 1 fully saturated rings. The van der Waals surface area contributed by atoms with Gasteiger partial charge in [0.1, 0.15) is 12.3 Å². The fourth-order valence-electron chi connectivity index (χ4n) is 3.68. The number of carboxylic acids is 1. The molecule has 5 nitrogen and oxygen atoms in total. The summed E-state index contributed by atoms with van der Waals surface area (Å²) in [7, 11) is 0. The molecule has 1 saturated heterocycles. The molecule has 1 heterocycles. The lowest BCUT2D eigenvalue weighted by atomic mass is 9.97. The van der Waals surface area contributed by atoms with Gasteiger partial charge in [-0.15, -0.1) is 12.4 Å². The normalized spacial score (nSPS) is 17.5. The first-order valence-electron chi connectivity index (χ1n) is 10.1. The fourth-order valence-corrected chi connectivity index (χ4v) is 3.68. The Kier molecular flexibility index (Phi) is 9.09. The summed E-state index contributed by atoms with van der Waals surface area (Å²) >= 11 is 0. The summed E-state index contributed by atoms with van der Waals surface area (Å²) in [5.41, 5.74) is 1.44. The van der Waals surface area contributed by atoms with E-state index in [0.717, 1.165) is 30.7 Å². The smallest absolute Gasteiger partial charge is 0.416 e. The van der Waals surface area contributed by atoms with Crippen LogP contribution in [0.4, 0.5) is 13.2 Å². The minimum Gasteiger partial charge on any atom is -0.481 e. The highest BCUT2D eigenvalue weighted by Crippen LogP contribution is 2.30. The van der Waals surface area contributed by atoms with Crippen LogP contribution in [-0.2, 0) is 15.8 Å². The summed E-state index contributed by atoms with van der Waals surface area (Å²) in [6, 6.07) is 12.3. The summed E-state index contributed by atoms with van der Waals surface area (Å²) in [5, 5.41) is 13.4. The number of rotatable bonds is 7. The van der Waals surface area contributed by atoms with Crippen molar-refractivity contribution in [2.45, 2.75) is 25.9 Å². The van der Waals surface area contributed by atoms with E-state index in [1.165, 1.54) is 6.07 Å². The number of hydrogen-bond donors (Lipinski definition) is 1. The van der Waals surface area contributed by atoms with Gasteiger partial charge in [0.25, 0.3) is 0 Å². The van der Waals surface area contributed by atoms with Crippen molar-refractivity contribution in [3.05, 3.63) is 70.8 Å². The van der Waals surface area contributed by atoms with Crippen molar-refractivity contribution in [3.63, 3.8) is 0 Å². The Labute approximate surface area is 191 Å². The van der Waals surface area contributed by atoms with Crippen molar-refractivity contribution in [1.29, 1.82) is 0 Å². The van der Waals surface area contributed by atoms with E-state index in [2.05, 4.69) is 5.16 Å². The first-order valence-corrected chi connectivity index (χ1v) is 10.1. The molecule has 0 saturated carbocycles. The lowest BCUT2D eigenvalue weighted by Crippen LogP contribution is -2.40. The van der Waals surface area contributed by atoms with Gasteiger partial charge in [-0.2, -0.15) is 13.2 Å². The highest BCUT2D eigenvalue weighted by molar-refractivity contribution is 6.13. The van der Waals surface area contributed by atoms with Crippen LogP contribution >= 0.6 is 12.4 Å². The van der Waals surface area contributed by atoms with Gasteiger partial charge in [-0.05, 0) is 44.0 Å². The lowest BCUT2D eigenvalue weighted by Gasteiger charge is -2.30. The number of halogens is 4. The number of likely N-dealkylation sites (tertiary alicyclic amines) is 1. The van der Waals surface area contributed by atoms with Crippen LogP contribution in [-0.4, -0.2) is 47.9 Å². The molecule has 174 valence electrons. The maximum Gasteiger partial charge on any atom is 0.416 e. The standard InChI is InChI=1S/C23H25F3N2O3.ClH/c1-16-6-2-3-10-20(16)21(17-7-4-9-19(14-17)23(24,25)26)27-31-13-12-28-11-5-8-18(15-28)22(29)30;/h2-4,6-7,9-10,14,18H,5,8,11-13,15H2,1H3,(H,29,30);1H. The van der Waals surface area contributed by atoms with E-state index >= 15 is 0 Å². The van der Waals surface area contributed by atoms with Crippen molar-refractivity contribution < 1.29 is 27.9 Å². The number of carbonyl (C=O) groups is 1. The number of oxime groups is 1. The van der Waals surface area contributed by atoms with Crippen molar-refractivity contribution >= 4 is 24.1 Å². The molecule has 3 rings (SSSR count). The van der Waals surface area contributed by atoms with Gasteiger partial charge in [0.15, 0.2) is 0 Å². The van der Waals surface area contributed by atoms with Gasteiger partial charge in [0.05, 0.1) is 11.5 Å². The molecule has 0 bridgehead atoms. The Hall–Kier alpha value is -2.58. The molecule has 0 aromatic heterocycles. The van der Waals surface area contributed by atoms with E-state index in [9.17, 15) is 23.1 Å². The molecule has 0 spiro atoms. The van der Waals surface area contributed by atoms with Gasteiger partial charge >= 0.3 is 12.1 Å². The van der Waals surface area contributed by atoms with Crippen LogP contribution < -0.4 is 0 Å². The number of nitrogens with zero attached hydrogens (tertiary/aromatic N) is 2. The molecule has 2 aromatic carbocycles. The topological polar surface area (TPSA) is 62.1 Å². The van der Waals surface area contributed by atoms with Crippen LogP contribution in [0.2, 0.25) is 0 Å². The monoisotopic (exact) mass is 470 g/mol. The van der Waals surface area contributed by atoms with Gasteiger partial charge in [-0.25, -0.2) is 0 Å². The maximum absolute atomic E-state index is 13.2. The van der Waals surface area contributed by atoms with E-state index in [-0.39, 0.29) is 24.9 Å². The van der Waals surface area contributed by atoms with Gasteiger partial charge in [-0.3, -0.25) is 9.69 Å². The Morgan fingerprint density at radius 3 is 2.66 bits per heavy atom. The average Bonchev–Trinajstić information content (AvgIpc) is 2.74. The zero-order valence-corrected chi connectivity index (χ0v) is 18.5. The third kappa shape index (κ3) is 6.71. The number of alkyl halides is 3. The second kappa shape index (κ2) is 11.3. The van der Waals surface area contributed by atoms with Crippen LogP contribution in [0.5, 0.6) is 0 Å². The predicted octanol–water partition coefficient (Wildman–Crippen LogP) is 5.00. The zero-order valence-electron chi connectivity index (χ0n) is 17.6. The van der Waals surface area contributed by atoms with E-state index < -0.39 is 17.7 Å². The second-order valence-electron chi connectivity index (χ2n) is 7.64. The van der Waals surface area contributed by atoms with Crippen molar-refractivity contribution in [2.24, 2.45) is 11.1 Å². The molecule has 0 amide bonds. The molecule has 1 aliphatic heterocycles. The van der Waals surface area contributed by atoms with Gasteiger partial charge in [-0.1, -0.05) is 41.6 Å². The van der Waals surface area contributed by atoms with Crippen LogP contribution in [0.25, 0.3) is 0 Å². The molecule has 0 aliphatic carbocycles. The molecule has 1 N–H and O–H groups in total. The Bertz CT molecular complexity index is 950. The summed E-state index contributed by atoms with van der Waals surface area (Å²) in [5.74, 6) is -1.18. The first-order chi connectivity index (χ1) is 14.8. The van der Waals surface area contributed by atoms with E-state index in [0.29, 0.717) is 36.3 Å². The maximum atomic E-state index is 13.2. The minimum absolute atomic E-state index is 0. The van der Waals surface area contributed by atoms with Crippen LogP contribution in [0.3, 0.4) is 0 Å². The third-order valence-electron chi connectivity index (χ3n) is 5.37. The average molecular weight is 471 g/mol. The molecular weight excluding hydrogens is 445 g/mol. The number of piperidine rings is 1. The van der Waals surface area contributed by atoms with Gasteiger partial charge < -0.3 is 9.94 Å². The van der Waals surface area contributed by atoms with Gasteiger partial charge in [0.2, 0.25) is 0 Å².